The van der Waals surface area contributed by atoms with Gasteiger partial charge in [-0.2, -0.15) is 0 Å². The second-order valence-electron chi connectivity index (χ2n) is 5.66. The van der Waals surface area contributed by atoms with Crippen molar-refractivity contribution in [1.82, 2.24) is 4.98 Å². The van der Waals surface area contributed by atoms with E-state index in [1.54, 1.807) is 23.5 Å². The molecule has 1 aromatic carbocycles. The molecule has 3 nitrogen and oxygen atoms in total. The van der Waals surface area contributed by atoms with Crippen LogP contribution in [0.3, 0.4) is 0 Å². The highest BCUT2D eigenvalue weighted by molar-refractivity contribution is 7.09. The van der Waals surface area contributed by atoms with Gasteiger partial charge in [-0.15, -0.1) is 11.3 Å². The molecule has 0 saturated heterocycles. The Labute approximate surface area is 127 Å². The monoisotopic (exact) mass is 309 g/mol. The Balaban J connectivity index is 2.22. The molecule has 0 radical (unpaired) electrons. The third-order valence-electron chi connectivity index (χ3n) is 2.96. The maximum absolute atomic E-state index is 10.9. The second-order valence-corrected chi connectivity index (χ2v) is 7.01. The van der Waals surface area contributed by atoms with E-state index in [-0.39, 0.29) is 11.0 Å². The molecule has 0 aliphatic carbocycles. The van der Waals surface area contributed by atoms with E-state index in [4.69, 9.17) is 16.7 Å². The Morgan fingerprint density at radius 3 is 2.60 bits per heavy atom. The number of carboxylic acid groups (broad SMARTS) is 1. The van der Waals surface area contributed by atoms with Gasteiger partial charge in [-0.3, -0.25) is 0 Å². The molecule has 0 fully saturated rings. The maximum atomic E-state index is 10.9. The van der Waals surface area contributed by atoms with E-state index in [1.807, 2.05) is 0 Å². The number of rotatable bonds is 3. The minimum Gasteiger partial charge on any atom is -0.478 e. The SMILES string of the molecule is CC(C)(C)c1csc(Cc2ccc(C(=O)O)cc2Cl)n1. The van der Waals surface area contributed by atoms with Gasteiger partial charge in [0.25, 0.3) is 0 Å². The zero-order valence-electron chi connectivity index (χ0n) is 11.6. The Hall–Kier alpha value is -1.39. The largest absolute Gasteiger partial charge is 0.478 e. The van der Waals surface area contributed by atoms with Crippen LogP contribution in [0.15, 0.2) is 23.6 Å². The average Bonchev–Trinajstić information content (AvgIpc) is 2.80. The van der Waals surface area contributed by atoms with Crippen LogP contribution in [0.1, 0.15) is 47.4 Å². The van der Waals surface area contributed by atoms with Crippen molar-refractivity contribution >= 4 is 28.9 Å². The lowest BCUT2D eigenvalue weighted by molar-refractivity contribution is 0.0697. The van der Waals surface area contributed by atoms with Gasteiger partial charge in [-0.05, 0) is 17.7 Å². The van der Waals surface area contributed by atoms with Crippen molar-refractivity contribution in [2.24, 2.45) is 0 Å². The number of benzene rings is 1. The van der Waals surface area contributed by atoms with Crippen LogP contribution in [-0.2, 0) is 11.8 Å². The number of carboxylic acids is 1. The number of halogens is 1. The molecule has 0 aliphatic rings. The third kappa shape index (κ3) is 3.38. The molecule has 2 rings (SSSR count). The fourth-order valence-corrected chi connectivity index (χ4v) is 3.01. The highest BCUT2D eigenvalue weighted by Gasteiger charge is 2.18. The molecule has 0 aliphatic heterocycles. The fraction of sp³-hybridized carbons (Fsp3) is 0.333. The van der Waals surface area contributed by atoms with E-state index in [0.29, 0.717) is 11.4 Å². The van der Waals surface area contributed by atoms with E-state index in [9.17, 15) is 4.79 Å². The van der Waals surface area contributed by atoms with Crippen molar-refractivity contribution in [3.05, 3.63) is 50.4 Å². The summed E-state index contributed by atoms with van der Waals surface area (Å²) in [6.07, 6.45) is 0.624. The Kier molecular flexibility index (Phi) is 4.16. The van der Waals surface area contributed by atoms with Crippen molar-refractivity contribution in [2.45, 2.75) is 32.6 Å². The van der Waals surface area contributed by atoms with E-state index in [0.717, 1.165) is 16.3 Å². The van der Waals surface area contributed by atoms with E-state index in [1.165, 1.54) is 6.07 Å². The average molecular weight is 310 g/mol. The van der Waals surface area contributed by atoms with Crippen LogP contribution >= 0.6 is 22.9 Å². The van der Waals surface area contributed by atoms with E-state index < -0.39 is 5.97 Å². The first-order chi connectivity index (χ1) is 9.27. The van der Waals surface area contributed by atoms with Crippen LogP contribution in [-0.4, -0.2) is 16.1 Å². The zero-order valence-corrected chi connectivity index (χ0v) is 13.2. The molecule has 0 saturated carbocycles. The van der Waals surface area contributed by atoms with Gasteiger partial charge >= 0.3 is 5.97 Å². The van der Waals surface area contributed by atoms with Gasteiger partial charge in [0, 0.05) is 22.2 Å². The van der Waals surface area contributed by atoms with Crippen LogP contribution in [0.25, 0.3) is 0 Å². The summed E-state index contributed by atoms with van der Waals surface area (Å²) in [6.45, 7) is 6.38. The minimum atomic E-state index is -0.970. The maximum Gasteiger partial charge on any atom is 0.335 e. The van der Waals surface area contributed by atoms with Crippen LogP contribution in [0.2, 0.25) is 5.02 Å². The van der Waals surface area contributed by atoms with Crippen LogP contribution in [0.5, 0.6) is 0 Å². The molecule has 0 unspecified atom stereocenters. The number of thiazole rings is 1. The first-order valence-electron chi connectivity index (χ1n) is 6.24. The van der Waals surface area contributed by atoms with Crippen LogP contribution in [0.4, 0.5) is 0 Å². The molecule has 5 heteroatoms. The molecule has 0 bridgehead atoms. The van der Waals surface area contributed by atoms with E-state index in [2.05, 4.69) is 31.1 Å². The molecule has 0 atom stereocenters. The Morgan fingerprint density at radius 2 is 2.10 bits per heavy atom. The summed E-state index contributed by atoms with van der Waals surface area (Å²) in [5.74, 6) is -0.970. The molecule has 1 heterocycles. The summed E-state index contributed by atoms with van der Waals surface area (Å²) in [6, 6.07) is 4.81. The highest BCUT2D eigenvalue weighted by atomic mass is 35.5. The predicted octanol–water partition coefficient (Wildman–Crippen LogP) is 4.38. The van der Waals surface area contributed by atoms with Crippen LogP contribution in [0, 0.1) is 0 Å². The number of hydrogen-bond acceptors (Lipinski definition) is 3. The van der Waals surface area contributed by atoms with Crippen molar-refractivity contribution in [1.29, 1.82) is 0 Å². The highest BCUT2D eigenvalue weighted by Crippen LogP contribution is 2.27. The normalized spacial score (nSPS) is 11.6. The number of aromatic carboxylic acids is 1. The van der Waals surface area contributed by atoms with Gasteiger partial charge in [0.1, 0.15) is 0 Å². The van der Waals surface area contributed by atoms with E-state index >= 15 is 0 Å². The first-order valence-corrected chi connectivity index (χ1v) is 7.50. The number of nitrogens with zero attached hydrogens (tertiary/aromatic N) is 1. The third-order valence-corrected chi connectivity index (χ3v) is 4.16. The second kappa shape index (κ2) is 5.54. The summed E-state index contributed by atoms with van der Waals surface area (Å²) >= 11 is 7.74. The quantitative estimate of drug-likeness (QED) is 0.915. The number of carbonyl (C=O) groups is 1. The summed E-state index contributed by atoms with van der Waals surface area (Å²) in [7, 11) is 0. The van der Waals surface area contributed by atoms with Crippen molar-refractivity contribution in [3.8, 4) is 0 Å². The van der Waals surface area contributed by atoms with Gasteiger partial charge in [0.05, 0.1) is 16.3 Å². The number of aromatic nitrogens is 1. The first kappa shape index (κ1) is 15.0. The summed E-state index contributed by atoms with van der Waals surface area (Å²) < 4.78 is 0. The van der Waals surface area contributed by atoms with Gasteiger partial charge < -0.3 is 5.11 Å². The lowest BCUT2D eigenvalue weighted by Gasteiger charge is -2.14. The van der Waals surface area contributed by atoms with Crippen LogP contribution < -0.4 is 0 Å². The summed E-state index contributed by atoms with van der Waals surface area (Å²) in [5, 5.41) is 12.4. The molecule has 1 aromatic heterocycles. The lowest BCUT2D eigenvalue weighted by Crippen LogP contribution is -2.11. The molecule has 20 heavy (non-hydrogen) atoms. The molecule has 0 spiro atoms. The number of hydrogen-bond donors (Lipinski definition) is 1. The van der Waals surface area contributed by atoms with Gasteiger partial charge in [-0.1, -0.05) is 38.4 Å². The van der Waals surface area contributed by atoms with Crippen molar-refractivity contribution in [2.75, 3.05) is 0 Å². The lowest BCUT2D eigenvalue weighted by atomic mass is 9.93. The predicted molar refractivity (Wildman–Crippen MR) is 82.0 cm³/mol. The summed E-state index contributed by atoms with van der Waals surface area (Å²) in [5.41, 5.74) is 2.20. The fourth-order valence-electron chi connectivity index (χ4n) is 1.72. The Morgan fingerprint density at radius 1 is 1.40 bits per heavy atom. The molecule has 0 amide bonds. The zero-order chi connectivity index (χ0) is 14.9. The Bertz CT molecular complexity index is 644. The smallest absolute Gasteiger partial charge is 0.335 e. The molecule has 1 N–H and O–H groups in total. The van der Waals surface area contributed by atoms with Crippen molar-refractivity contribution in [3.63, 3.8) is 0 Å². The molecular weight excluding hydrogens is 294 g/mol. The summed E-state index contributed by atoms with van der Waals surface area (Å²) in [4.78, 5) is 15.5. The standard InChI is InChI=1S/C15H16ClNO2S/c1-15(2,3)12-8-20-13(17-12)7-9-4-5-10(14(18)19)6-11(9)16/h4-6,8H,7H2,1-3H3,(H,18,19). The molecule has 2 aromatic rings. The molecule has 106 valence electrons. The van der Waals surface area contributed by atoms with Gasteiger partial charge in [-0.25, -0.2) is 9.78 Å². The molecular formula is C15H16ClNO2S. The van der Waals surface area contributed by atoms with Crippen molar-refractivity contribution < 1.29 is 9.90 Å². The topological polar surface area (TPSA) is 50.2 Å². The van der Waals surface area contributed by atoms with Gasteiger partial charge in [0.15, 0.2) is 0 Å². The van der Waals surface area contributed by atoms with Gasteiger partial charge in [0.2, 0.25) is 0 Å². The minimum absolute atomic E-state index is 0.0334.